The fourth-order valence-electron chi connectivity index (χ4n) is 4.56. The number of anilines is 1. The number of likely N-dealkylation sites (tertiary alicyclic amines) is 1. The molecule has 0 amide bonds. The second kappa shape index (κ2) is 11.7. The molecule has 1 fully saturated rings. The summed E-state index contributed by atoms with van der Waals surface area (Å²) < 4.78 is 33.9. The summed E-state index contributed by atoms with van der Waals surface area (Å²) >= 11 is 1.39. The number of unbranched alkanes of at least 4 members (excludes halogenated alkanes) is 1. The van der Waals surface area contributed by atoms with E-state index in [-0.39, 0.29) is 31.3 Å². The molecule has 0 radical (unpaired) electrons. The Labute approximate surface area is 212 Å². The number of ether oxygens (including phenoxy) is 1. The first-order valence-corrected chi connectivity index (χ1v) is 12.8. The zero-order valence-electron chi connectivity index (χ0n) is 20.2. The van der Waals surface area contributed by atoms with Crippen molar-refractivity contribution in [1.29, 1.82) is 0 Å². The van der Waals surface area contributed by atoms with Crippen LogP contribution in [-0.4, -0.2) is 66.9 Å². The number of thiazole rings is 1. The van der Waals surface area contributed by atoms with E-state index in [1.54, 1.807) is 26.2 Å². The number of hydrogen-bond donors (Lipinski definition) is 2. The molecule has 3 heterocycles. The predicted molar refractivity (Wildman–Crippen MR) is 134 cm³/mol. The van der Waals surface area contributed by atoms with E-state index >= 15 is 0 Å². The van der Waals surface area contributed by atoms with Gasteiger partial charge in [-0.05, 0) is 31.9 Å². The third kappa shape index (κ3) is 5.46. The zero-order valence-corrected chi connectivity index (χ0v) is 21.0. The highest BCUT2D eigenvalue weighted by Crippen LogP contribution is 2.38. The Kier molecular flexibility index (Phi) is 8.42. The second-order valence-electron chi connectivity index (χ2n) is 8.55. The molecule has 11 heteroatoms. The SMILES string of the molecule is CCOC(=O)C1=C(CN2CC(F)C2CCCC=O)NC(c2nccs2)=N[C@H]1c1ccc(F)cc1NC. The Morgan fingerprint density at radius 3 is 2.92 bits per heavy atom. The molecule has 1 aromatic carbocycles. The molecule has 0 saturated carbocycles. The van der Waals surface area contributed by atoms with Crippen LogP contribution in [-0.2, 0) is 14.3 Å². The van der Waals surface area contributed by atoms with E-state index in [4.69, 9.17) is 9.73 Å². The number of esters is 1. The monoisotopic (exact) mass is 517 g/mol. The van der Waals surface area contributed by atoms with Crippen LogP contribution in [0.5, 0.6) is 0 Å². The molecular formula is C25H29F2N5O3S. The van der Waals surface area contributed by atoms with Crippen LogP contribution in [0.25, 0.3) is 0 Å². The van der Waals surface area contributed by atoms with Gasteiger partial charge in [0, 0.05) is 61.1 Å². The van der Waals surface area contributed by atoms with Gasteiger partial charge in [-0.25, -0.2) is 18.6 Å². The number of benzene rings is 1. The van der Waals surface area contributed by atoms with E-state index < -0.39 is 24.0 Å². The van der Waals surface area contributed by atoms with Crippen molar-refractivity contribution < 1.29 is 23.1 Å². The van der Waals surface area contributed by atoms with Gasteiger partial charge in [0.15, 0.2) is 10.8 Å². The molecule has 0 aliphatic carbocycles. The van der Waals surface area contributed by atoms with Gasteiger partial charge in [-0.15, -0.1) is 11.3 Å². The van der Waals surface area contributed by atoms with Crippen LogP contribution in [0.4, 0.5) is 14.5 Å². The van der Waals surface area contributed by atoms with Gasteiger partial charge in [-0.1, -0.05) is 6.07 Å². The second-order valence-corrected chi connectivity index (χ2v) is 9.44. The molecule has 8 nitrogen and oxygen atoms in total. The summed E-state index contributed by atoms with van der Waals surface area (Å²) in [5.74, 6) is -0.497. The van der Waals surface area contributed by atoms with Crippen molar-refractivity contribution in [2.45, 2.75) is 44.4 Å². The minimum absolute atomic E-state index is 0.165. The fourth-order valence-corrected chi connectivity index (χ4v) is 5.15. The molecule has 1 aromatic heterocycles. The van der Waals surface area contributed by atoms with Crippen molar-refractivity contribution in [2.24, 2.45) is 4.99 Å². The number of hydrogen-bond acceptors (Lipinski definition) is 9. The Bertz CT molecular complexity index is 1150. The van der Waals surface area contributed by atoms with Crippen molar-refractivity contribution in [3.63, 3.8) is 0 Å². The number of rotatable bonds is 11. The van der Waals surface area contributed by atoms with E-state index in [2.05, 4.69) is 15.6 Å². The molecule has 2 N–H and O–H groups in total. The molecule has 2 aromatic rings. The average molecular weight is 518 g/mol. The molecule has 1 saturated heterocycles. The van der Waals surface area contributed by atoms with Gasteiger partial charge >= 0.3 is 5.97 Å². The fraction of sp³-hybridized carbons (Fsp3) is 0.440. The van der Waals surface area contributed by atoms with Gasteiger partial charge in [0.05, 0.1) is 12.2 Å². The first kappa shape index (κ1) is 25.9. The van der Waals surface area contributed by atoms with Crippen molar-refractivity contribution in [3.05, 3.63) is 57.4 Å². The van der Waals surface area contributed by atoms with Gasteiger partial charge in [-0.3, -0.25) is 9.89 Å². The highest BCUT2D eigenvalue weighted by Gasteiger charge is 2.41. The Balaban J connectivity index is 1.76. The number of halogens is 2. The van der Waals surface area contributed by atoms with E-state index in [1.807, 2.05) is 10.3 Å². The van der Waals surface area contributed by atoms with Crippen LogP contribution in [0.15, 0.2) is 46.0 Å². The quantitative estimate of drug-likeness (QED) is 0.267. The molecule has 0 bridgehead atoms. The molecular weight excluding hydrogens is 488 g/mol. The van der Waals surface area contributed by atoms with E-state index in [1.165, 1.54) is 23.5 Å². The van der Waals surface area contributed by atoms with E-state index in [0.717, 1.165) is 6.29 Å². The summed E-state index contributed by atoms with van der Waals surface area (Å²) in [5, 5.41) is 8.70. The van der Waals surface area contributed by atoms with Gasteiger partial charge in [0.25, 0.3) is 0 Å². The van der Waals surface area contributed by atoms with Crippen molar-refractivity contribution in [2.75, 3.05) is 32.1 Å². The number of aliphatic imine (C=N–C) groups is 1. The summed E-state index contributed by atoms with van der Waals surface area (Å²) in [5.41, 5.74) is 1.92. The molecule has 4 rings (SSSR count). The number of aromatic nitrogens is 1. The third-order valence-electron chi connectivity index (χ3n) is 6.31. The summed E-state index contributed by atoms with van der Waals surface area (Å²) in [6.45, 7) is 2.37. The molecule has 36 heavy (non-hydrogen) atoms. The number of nitrogens with one attached hydrogen (secondary N) is 2. The number of amidine groups is 1. The Hall–Kier alpha value is -3.18. The highest BCUT2D eigenvalue weighted by molar-refractivity contribution is 7.11. The van der Waals surface area contributed by atoms with Crippen molar-refractivity contribution in [1.82, 2.24) is 15.2 Å². The summed E-state index contributed by atoms with van der Waals surface area (Å²) in [4.78, 5) is 35.1. The lowest BCUT2D eigenvalue weighted by Crippen LogP contribution is -2.59. The van der Waals surface area contributed by atoms with Gasteiger partial charge in [0.1, 0.15) is 24.3 Å². The van der Waals surface area contributed by atoms with E-state index in [9.17, 15) is 18.4 Å². The maximum absolute atomic E-state index is 14.4. The average Bonchev–Trinajstić information content (AvgIpc) is 3.41. The van der Waals surface area contributed by atoms with Gasteiger partial charge in [-0.2, -0.15) is 0 Å². The van der Waals surface area contributed by atoms with Crippen LogP contribution in [0.2, 0.25) is 0 Å². The van der Waals surface area contributed by atoms with Crippen LogP contribution in [0, 0.1) is 5.82 Å². The lowest BCUT2D eigenvalue weighted by molar-refractivity contribution is -0.139. The minimum Gasteiger partial charge on any atom is -0.463 e. The number of aldehydes is 1. The van der Waals surface area contributed by atoms with Crippen LogP contribution in [0.3, 0.4) is 0 Å². The summed E-state index contributed by atoms with van der Waals surface area (Å²) in [6, 6.07) is 3.14. The number of carbonyl (C=O) groups excluding carboxylic acids is 2. The summed E-state index contributed by atoms with van der Waals surface area (Å²) in [7, 11) is 1.67. The molecule has 3 atom stereocenters. The molecule has 2 aliphatic rings. The van der Waals surface area contributed by atoms with Crippen molar-refractivity contribution in [3.8, 4) is 0 Å². The lowest BCUT2D eigenvalue weighted by atomic mass is 9.91. The molecule has 192 valence electrons. The van der Waals surface area contributed by atoms with Crippen LogP contribution < -0.4 is 10.6 Å². The first-order chi connectivity index (χ1) is 17.5. The zero-order chi connectivity index (χ0) is 25.7. The maximum atomic E-state index is 14.4. The number of nitrogens with zero attached hydrogens (tertiary/aromatic N) is 3. The number of carbonyl (C=O) groups is 2. The summed E-state index contributed by atoms with van der Waals surface area (Å²) in [6.07, 6.45) is 3.02. The maximum Gasteiger partial charge on any atom is 0.338 e. The lowest BCUT2D eigenvalue weighted by Gasteiger charge is -2.45. The van der Waals surface area contributed by atoms with Crippen molar-refractivity contribution >= 4 is 35.1 Å². The number of alkyl halides is 1. The normalized spacial score (nSPS) is 21.9. The van der Waals surface area contributed by atoms with Crippen LogP contribution >= 0.6 is 11.3 Å². The van der Waals surface area contributed by atoms with Gasteiger partial charge < -0.3 is 20.2 Å². The molecule has 0 spiro atoms. The minimum atomic E-state index is -0.997. The standard InChI is InChI=1S/C25H29F2N5O3S/c1-3-35-25(34)21-19(14-32-13-17(27)20(32)6-4-5-10-33)30-23(24-29-9-11-36-24)31-22(21)16-8-7-15(26)12-18(16)28-2/h7-12,17,20,22,28H,3-6,13-14H2,1-2H3,(H,30,31)/t17?,20?,22-/m0/s1. The Morgan fingerprint density at radius 1 is 1.42 bits per heavy atom. The molecule has 2 aliphatic heterocycles. The predicted octanol–water partition coefficient (Wildman–Crippen LogP) is 3.62. The highest BCUT2D eigenvalue weighted by atomic mass is 32.1. The Morgan fingerprint density at radius 2 is 2.25 bits per heavy atom. The van der Waals surface area contributed by atoms with Gasteiger partial charge in [0.2, 0.25) is 0 Å². The largest absolute Gasteiger partial charge is 0.463 e. The smallest absolute Gasteiger partial charge is 0.338 e. The van der Waals surface area contributed by atoms with Crippen LogP contribution in [0.1, 0.15) is 42.8 Å². The van der Waals surface area contributed by atoms with E-state index in [0.29, 0.717) is 47.1 Å². The molecule has 2 unspecified atom stereocenters. The first-order valence-electron chi connectivity index (χ1n) is 11.9. The third-order valence-corrected chi connectivity index (χ3v) is 7.09. The topological polar surface area (TPSA) is 95.9 Å².